The number of fused-ring (bicyclic) bond motifs is 1. The van der Waals surface area contributed by atoms with Crippen LogP contribution in [0, 0.1) is 5.92 Å². The van der Waals surface area contributed by atoms with E-state index in [4.69, 9.17) is 10.5 Å². The molecule has 0 radical (unpaired) electrons. The van der Waals surface area contributed by atoms with E-state index in [9.17, 15) is 13.2 Å². The largest absolute Gasteiger partial charge is 0.492 e. The molecule has 0 aliphatic carbocycles. The SMILES string of the molecule is NC1=NS(=O)(=O)Nc2cccc(OC[C@H]3CCCN(C(=O)NCc4ccccc4)C3)c21. The molecule has 164 valence electrons. The lowest BCUT2D eigenvalue weighted by Crippen LogP contribution is -2.46. The Hall–Kier alpha value is -3.27. The van der Waals surface area contributed by atoms with Gasteiger partial charge in [-0.25, -0.2) is 4.79 Å². The third-order valence-corrected chi connectivity index (χ3v) is 6.22. The molecule has 0 saturated carbocycles. The van der Waals surface area contributed by atoms with E-state index in [0.717, 1.165) is 18.4 Å². The fraction of sp³-hybridized carbons (Fsp3) is 0.333. The minimum absolute atomic E-state index is 0.0866. The summed E-state index contributed by atoms with van der Waals surface area (Å²) in [6, 6.07) is 14.7. The maximum Gasteiger partial charge on any atom is 0.344 e. The summed E-state index contributed by atoms with van der Waals surface area (Å²) in [5.41, 5.74) is 7.70. The molecule has 10 heteroatoms. The number of anilines is 1. The molecular formula is C21H25N5O4S. The maximum absolute atomic E-state index is 12.6. The van der Waals surface area contributed by atoms with Gasteiger partial charge in [-0.1, -0.05) is 36.4 Å². The average molecular weight is 444 g/mol. The zero-order valence-corrected chi connectivity index (χ0v) is 17.8. The second kappa shape index (κ2) is 8.84. The first-order valence-corrected chi connectivity index (χ1v) is 11.6. The highest BCUT2D eigenvalue weighted by Gasteiger charge is 2.27. The first kappa shape index (κ1) is 21.0. The van der Waals surface area contributed by atoms with Gasteiger partial charge < -0.3 is 20.7 Å². The summed E-state index contributed by atoms with van der Waals surface area (Å²) in [7, 11) is -3.83. The minimum Gasteiger partial charge on any atom is -0.492 e. The van der Waals surface area contributed by atoms with Crippen molar-refractivity contribution in [3.05, 3.63) is 59.7 Å². The highest BCUT2D eigenvalue weighted by atomic mass is 32.2. The number of ether oxygens (including phenoxy) is 1. The molecule has 4 rings (SSSR count). The summed E-state index contributed by atoms with van der Waals surface area (Å²) in [6.45, 7) is 2.17. The van der Waals surface area contributed by atoms with Crippen LogP contribution in [0.5, 0.6) is 5.75 Å². The molecule has 2 aliphatic rings. The van der Waals surface area contributed by atoms with Gasteiger partial charge in [0.1, 0.15) is 5.75 Å². The number of hydrogen-bond acceptors (Lipinski definition) is 5. The lowest BCUT2D eigenvalue weighted by molar-refractivity contribution is 0.137. The van der Waals surface area contributed by atoms with Crippen LogP contribution in [0.4, 0.5) is 10.5 Å². The molecule has 1 fully saturated rings. The van der Waals surface area contributed by atoms with Crippen LogP contribution in [-0.4, -0.2) is 44.9 Å². The third-order valence-electron chi connectivity index (χ3n) is 5.31. The Morgan fingerprint density at radius 3 is 2.84 bits per heavy atom. The molecule has 0 aromatic heterocycles. The Kier molecular flexibility index (Phi) is 5.99. The normalized spacial score (nSPS) is 19.5. The zero-order valence-electron chi connectivity index (χ0n) is 17.0. The van der Waals surface area contributed by atoms with Crippen molar-refractivity contribution < 1.29 is 17.9 Å². The fourth-order valence-electron chi connectivity index (χ4n) is 3.82. The molecule has 9 nitrogen and oxygen atoms in total. The van der Waals surface area contributed by atoms with Crippen LogP contribution in [0.1, 0.15) is 24.0 Å². The van der Waals surface area contributed by atoms with Crippen molar-refractivity contribution in [3.8, 4) is 5.75 Å². The van der Waals surface area contributed by atoms with Gasteiger partial charge in [0.25, 0.3) is 0 Å². The van der Waals surface area contributed by atoms with Gasteiger partial charge in [0.05, 0.1) is 17.9 Å². The Balaban J connectivity index is 1.35. The molecule has 2 amide bonds. The number of urea groups is 1. The minimum atomic E-state index is -3.83. The van der Waals surface area contributed by atoms with Gasteiger partial charge in [-0.3, -0.25) is 4.72 Å². The number of likely N-dealkylation sites (tertiary alicyclic amines) is 1. The lowest BCUT2D eigenvalue weighted by atomic mass is 9.99. The summed E-state index contributed by atoms with van der Waals surface area (Å²) >= 11 is 0. The highest BCUT2D eigenvalue weighted by Crippen LogP contribution is 2.31. The molecule has 2 aliphatic heterocycles. The quantitative estimate of drug-likeness (QED) is 0.652. The van der Waals surface area contributed by atoms with E-state index in [2.05, 4.69) is 14.4 Å². The Morgan fingerprint density at radius 2 is 2.03 bits per heavy atom. The van der Waals surface area contributed by atoms with E-state index >= 15 is 0 Å². The number of piperidine rings is 1. The number of nitrogens with two attached hydrogens (primary N) is 1. The summed E-state index contributed by atoms with van der Waals surface area (Å²) in [5, 5.41) is 2.97. The van der Waals surface area contributed by atoms with E-state index in [1.54, 1.807) is 18.2 Å². The number of amides is 2. The molecule has 4 N–H and O–H groups in total. The van der Waals surface area contributed by atoms with E-state index in [1.807, 2.05) is 35.2 Å². The van der Waals surface area contributed by atoms with Crippen LogP contribution in [0.15, 0.2) is 52.9 Å². The molecule has 2 heterocycles. The summed E-state index contributed by atoms with van der Waals surface area (Å²) < 4.78 is 35.3. The van der Waals surface area contributed by atoms with Crippen LogP contribution in [0.3, 0.4) is 0 Å². The highest BCUT2D eigenvalue weighted by molar-refractivity contribution is 7.91. The molecule has 31 heavy (non-hydrogen) atoms. The number of rotatable bonds is 5. The van der Waals surface area contributed by atoms with Gasteiger partial charge in [-0.2, -0.15) is 8.42 Å². The number of carbonyl (C=O) groups is 1. The first-order valence-electron chi connectivity index (χ1n) is 10.1. The monoisotopic (exact) mass is 443 g/mol. The van der Waals surface area contributed by atoms with Gasteiger partial charge in [0.2, 0.25) is 0 Å². The fourth-order valence-corrected chi connectivity index (χ4v) is 4.66. The second-order valence-electron chi connectivity index (χ2n) is 7.64. The number of nitrogens with zero attached hydrogens (tertiary/aromatic N) is 2. The topological polar surface area (TPSA) is 126 Å². The lowest BCUT2D eigenvalue weighted by Gasteiger charge is -2.33. The van der Waals surface area contributed by atoms with Crippen molar-refractivity contribution in [3.63, 3.8) is 0 Å². The standard InChI is InChI=1S/C21H25N5O4S/c22-20-19-17(24-31(28,29)25-20)9-4-10-18(19)30-14-16-8-5-11-26(13-16)21(27)23-12-15-6-2-1-3-7-15/h1-4,6-7,9-10,16,24H,5,8,11-14H2,(H2,22,25)(H,23,27)/t16-/m0/s1. The van der Waals surface area contributed by atoms with Gasteiger partial charge in [0, 0.05) is 25.6 Å². The summed E-state index contributed by atoms with van der Waals surface area (Å²) in [5.74, 6) is 0.521. The second-order valence-corrected chi connectivity index (χ2v) is 8.98. The first-order chi connectivity index (χ1) is 14.9. The third kappa shape index (κ3) is 5.08. The maximum atomic E-state index is 12.6. The van der Waals surface area contributed by atoms with Gasteiger partial charge in [0.15, 0.2) is 5.84 Å². The number of nitrogens with one attached hydrogen (secondary N) is 2. The predicted molar refractivity (Wildman–Crippen MR) is 118 cm³/mol. The number of carbonyl (C=O) groups excluding carboxylic acids is 1. The Labute approximate surface area is 181 Å². The molecule has 1 atom stereocenters. The van der Waals surface area contributed by atoms with Crippen LogP contribution < -0.4 is 20.5 Å². The van der Waals surface area contributed by atoms with Crippen molar-refractivity contribution in [2.75, 3.05) is 24.4 Å². The molecular weight excluding hydrogens is 418 g/mol. The van der Waals surface area contributed by atoms with Gasteiger partial charge in [-0.05, 0) is 30.5 Å². The Bertz CT molecular complexity index is 1090. The van der Waals surface area contributed by atoms with Crippen molar-refractivity contribution in [2.45, 2.75) is 19.4 Å². The van der Waals surface area contributed by atoms with Gasteiger partial charge in [-0.15, -0.1) is 4.40 Å². The van der Waals surface area contributed by atoms with E-state index in [1.165, 1.54) is 0 Å². The van der Waals surface area contributed by atoms with E-state index < -0.39 is 10.2 Å². The summed E-state index contributed by atoms with van der Waals surface area (Å²) in [4.78, 5) is 14.4. The number of amidine groups is 1. The molecule has 2 aromatic carbocycles. The van der Waals surface area contributed by atoms with Crippen LogP contribution in [0.2, 0.25) is 0 Å². The molecule has 0 spiro atoms. The van der Waals surface area contributed by atoms with E-state index in [-0.39, 0.29) is 17.8 Å². The number of benzene rings is 2. The van der Waals surface area contributed by atoms with Crippen LogP contribution in [0.25, 0.3) is 0 Å². The number of hydrogen-bond donors (Lipinski definition) is 3. The smallest absolute Gasteiger partial charge is 0.344 e. The molecule has 1 saturated heterocycles. The van der Waals surface area contributed by atoms with Crippen molar-refractivity contribution >= 4 is 27.8 Å². The van der Waals surface area contributed by atoms with Crippen molar-refractivity contribution in [1.82, 2.24) is 10.2 Å². The molecule has 0 unspecified atom stereocenters. The van der Waals surface area contributed by atoms with Crippen molar-refractivity contribution in [1.29, 1.82) is 0 Å². The summed E-state index contributed by atoms with van der Waals surface area (Å²) in [6.07, 6.45) is 1.83. The van der Waals surface area contributed by atoms with E-state index in [0.29, 0.717) is 43.2 Å². The van der Waals surface area contributed by atoms with Crippen LogP contribution >= 0.6 is 0 Å². The molecule has 2 aromatic rings. The predicted octanol–water partition coefficient (Wildman–Crippen LogP) is 2.06. The molecule has 0 bridgehead atoms. The van der Waals surface area contributed by atoms with Crippen molar-refractivity contribution in [2.24, 2.45) is 16.0 Å². The average Bonchev–Trinajstić information content (AvgIpc) is 2.76. The van der Waals surface area contributed by atoms with Gasteiger partial charge >= 0.3 is 16.2 Å². The Morgan fingerprint density at radius 1 is 1.23 bits per heavy atom. The zero-order chi connectivity index (χ0) is 21.8. The van der Waals surface area contributed by atoms with Crippen LogP contribution in [-0.2, 0) is 16.8 Å².